The van der Waals surface area contributed by atoms with Gasteiger partial charge in [-0.3, -0.25) is 23.7 Å². The van der Waals surface area contributed by atoms with E-state index in [1.54, 1.807) is 37.3 Å². The van der Waals surface area contributed by atoms with Crippen molar-refractivity contribution in [2.75, 3.05) is 17.2 Å². The molecule has 1 aromatic heterocycles. The summed E-state index contributed by atoms with van der Waals surface area (Å²) >= 11 is 5.89. The zero-order valence-electron chi connectivity index (χ0n) is 23.0. The highest BCUT2D eigenvalue weighted by Crippen LogP contribution is 2.55. The smallest absolute Gasteiger partial charge is 0.322 e. The molecule has 0 radical (unpaired) electrons. The molecule has 1 heterocycles. The van der Waals surface area contributed by atoms with Gasteiger partial charge in [-0.05, 0) is 61.4 Å². The van der Waals surface area contributed by atoms with Crippen LogP contribution in [0.3, 0.4) is 0 Å². The van der Waals surface area contributed by atoms with Gasteiger partial charge in [0, 0.05) is 29.0 Å². The van der Waals surface area contributed by atoms with E-state index in [2.05, 4.69) is 10.6 Å². The number of pyridine rings is 1. The second-order valence-electron chi connectivity index (χ2n) is 9.91. The van der Waals surface area contributed by atoms with Crippen molar-refractivity contribution in [3.8, 4) is 11.4 Å². The highest BCUT2D eigenvalue weighted by Gasteiger charge is 2.70. The maximum Gasteiger partial charge on any atom is 0.322 e. The molecule has 0 spiro atoms. The van der Waals surface area contributed by atoms with Crippen LogP contribution >= 0.6 is 11.6 Å². The van der Waals surface area contributed by atoms with Gasteiger partial charge in [-0.25, -0.2) is 4.39 Å². The van der Waals surface area contributed by atoms with Crippen LogP contribution in [-0.4, -0.2) is 29.0 Å². The lowest BCUT2D eigenvalue weighted by Crippen LogP contribution is -2.37. The molecule has 4 aromatic rings. The summed E-state index contributed by atoms with van der Waals surface area (Å²) < 4.78 is 27.2. The van der Waals surface area contributed by atoms with Crippen LogP contribution in [-0.2, 0) is 25.7 Å². The average molecular weight is 604 g/mol. The molecule has 2 atom stereocenters. The molecular weight excluding hydrogens is 577 g/mol. The van der Waals surface area contributed by atoms with E-state index >= 15 is 4.39 Å². The third-order valence-electron chi connectivity index (χ3n) is 7.05. The lowest BCUT2D eigenvalue weighted by Gasteiger charge is -2.17. The number of amides is 2. The van der Waals surface area contributed by atoms with Gasteiger partial charge in [-0.2, -0.15) is 0 Å². The van der Waals surface area contributed by atoms with Gasteiger partial charge in [0.2, 0.25) is 11.8 Å². The lowest BCUT2D eigenvalue weighted by atomic mass is 10.0. The summed E-state index contributed by atoms with van der Waals surface area (Å²) in [6, 6.07) is 22.5. The van der Waals surface area contributed by atoms with Crippen LogP contribution < -0.4 is 20.9 Å². The van der Waals surface area contributed by atoms with Crippen LogP contribution in [0.25, 0.3) is 5.69 Å². The second kappa shape index (κ2) is 12.5. The van der Waals surface area contributed by atoms with Crippen molar-refractivity contribution in [3.63, 3.8) is 0 Å². The lowest BCUT2D eigenvalue weighted by molar-refractivity contribution is -0.154. The summed E-state index contributed by atoms with van der Waals surface area (Å²) in [5.74, 6) is -3.81. The standard InChI is InChI=1S/C32H27ClFN3O6/c1-2-42-31(41)32(18-25(32)29(39)35-22-10-8-21(33)9-11-22)30(40)36-27-13-12-23(16-26(27)34)37-15-14-24(17-28(37)38)43-19-20-6-4-3-5-7-20/h3-17,25H,2,18-19H2,1H3,(H,35,39)(H,36,40). The van der Waals surface area contributed by atoms with E-state index in [4.69, 9.17) is 21.1 Å². The third-order valence-corrected chi connectivity index (χ3v) is 7.30. The Balaban J connectivity index is 1.29. The van der Waals surface area contributed by atoms with Gasteiger partial charge in [0.15, 0.2) is 5.41 Å². The summed E-state index contributed by atoms with van der Waals surface area (Å²) in [5, 5.41) is 5.57. The Hall–Kier alpha value is -4.96. The Morgan fingerprint density at radius 1 is 1.00 bits per heavy atom. The second-order valence-corrected chi connectivity index (χ2v) is 10.3. The number of carbonyl (C=O) groups is 3. The molecule has 1 saturated carbocycles. The van der Waals surface area contributed by atoms with Crippen molar-refractivity contribution < 1.29 is 28.2 Å². The molecule has 9 nitrogen and oxygen atoms in total. The van der Waals surface area contributed by atoms with E-state index in [1.807, 2.05) is 30.3 Å². The predicted molar refractivity (Wildman–Crippen MR) is 159 cm³/mol. The highest BCUT2D eigenvalue weighted by atomic mass is 35.5. The van der Waals surface area contributed by atoms with Crippen molar-refractivity contribution >= 4 is 40.8 Å². The fourth-order valence-electron chi connectivity index (χ4n) is 4.67. The first-order valence-electron chi connectivity index (χ1n) is 13.5. The van der Waals surface area contributed by atoms with E-state index in [9.17, 15) is 19.2 Å². The van der Waals surface area contributed by atoms with Gasteiger partial charge in [0.25, 0.3) is 5.56 Å². The van der Waals surface area contributed by atoms with Crippen molar-refractivity contribution in [2.45, 2.75) is 20.0 Å². The van der Waals surface area contributed by atoms with Crippen LogP contribution in [0.1, 0.15) is 18.9 Å². The summed E-state index contributed by atoms with van der Waals surface area (Å²) in [6.07, 6.45) is 1.35. The molecule has 2 amide bonds. The molecule has 43 heavy (non-hydrogen) atoms. The van der Waals surface area contributed by atoms with Crippen molar-refractivity contribution in [1.29, 1.82) is 0 Å². The predicted octanol–water partition coefficient (Wildman–Crippen LogP) is 5.36. The number of carbonyl (C=O) groups excluding carboxylic acids is 3. The Morgan fingerprint density at radius 3 is 2.42 bits per heavy atom. The molecule has 5 rings (SSSR count). The zero-order chi connectivity index (χ0) is 30.6. The topological polar surface area (TPSA) is 116 Å². The van der Waals surface area contributed by atoms with Crippen LogP contribution in [0.4, 0.5) is 15.8 Å². The average Bonchev–Trinajstić information content (AvgIpc) is 3.77. The summed E-state index contributed by atoms with van der Waals surface area (Å²) in [6.45, 7) is 1.86. The van der Waals surface area contributed by atoms with Gasteiger partial charge in [-0.1, -0.05) is 41.9 Å². The fraction of sp³-hybridized carbons (Fsp3) is 0.188. The number of halogens is 2. The molecule has 2 unspecified atom stereocenters. The molecule has 220 valence electrons. The van der Waals surface area contributed by atoms with E-state index in [0.29, 0.717) is 16.5 Å². The number of esters is 1. The van der Waals surface area contributed by atoms with Gasteiger partial charge < -0.3 is 20.1 Å². The number of ether oxygens (including phenoxy) is 2. The summed E-state index contributed by atoms with van der Waals surface area (Å²) in [4.78, 5) is 51.9. The number of anilines is 2. The first-order chi connectivity index (χ1) is 20.7. The highest BCUT2D eigenvalue weighted by molar-refractivity contribution is 6.30. The first kappa shape index (κ1) is 29.5. The molecule has 1 aliphatic rings. The Labute approximate surface area is 251 Å². The molecule has 0 bridgehead atoms. The van der Waals surface area contributed by atoms with Gasteiger partial charge >= 0.3 is 5.97 Å². The van der Waals surface area contributed by atoms with Crippen LogP contribution in [0.2, 0.25) is 5.02 Å². The monoisotopic (exact) mass is 603 g/mol. The number of hydrogen-bond acceptors (Lipinski definition) is 6. The summed E-state index contributed by atoms with van der Waals surface area (Å²) in [7, 11) is 0. The minimum Gasteiger partial charge on any atom is -0.489 e. The maximum absolute atomic E-state index is 15.2. The summed E-state index contributed by atoms with van der Waals surface area (Å²) in [5.41, 5.74) is -0.901. The minimum absolute atomic E-state index is 0.00666. The molecule has 1 fully saturated rings. The van der Waals surface area contributed by atoms with Gasteiger partial charge in [0.05, 0.1) is 23.9 Å². The molecule has 3 aromatic carbocycles. The van der Waals surface area contributed by atoms with Gasteiger partial charge in [0.1, 0.15) is 18.2 Å². The number of rotatable bonds is 10. The number of hydrogen-bond donors (Lipinski definition) is 2. The molecule has 2 N–H and O–H groups in total. The van der Waals surface area contributed by atoms with Crippen molar-refractivity contribution in [1.82, 2.24) is 4.57 Å². The number of nitrogens with zero attached hydrogens (tertiary/aromatic N) is 1. The Bertz CT molecular complexity index is 1730. The van der Waals surface area contributed by atoms with Crippen LogP contribution in [0.15, 0.2) is 95.9 Å². The van der Waals surface area contributed by atoms with E-state index < -0.39 is 40.5 Å². The van der Waals surface area contributed by atoms with Crippen molar-refractivity contribution in [3.05, 3.63) is 118 Å². The third kappa shape index (κ3) is 6.44. The van der Waals surface area contributed by atoms with E-state index in [0.717, 1.165) is 11.6 Å². The minimum atomic E-state index is -1.82. The molecule has 11 heteroatoms. The van der Waals surface area contributed by atoms with Crippen molar-refractivity contribution in [2.24, 2.45) is 11.3 Å². The quantitative estimate of drug-likeness (QED) is 0.186. The largest absolute Gasteiger partial charge is 0.489 e. The first-order valence-corrected chi connectivity index (χ1v) is 13.8. The molecule has 1 aliphatic carbocycles. The number of aromatic nitrogens is 1. The van der Waals surface area contributed by atoms with Gasteiger partial charge in [-0.15, -0.1) is 0 Å². The SMILES string of the molecule is CCOC(=O)C1(C(=O)Nc2ccc(-n3ccc(OCc4ccccc4)cc3=O)cc2F)CC1C(=O)Nc1ccc(Cl)cc1. The Kier molecular flexibility index (Phi) is 8.58. The molecular formula is C32H27ClFN3O6. The molecule has 0 saturated heterocycles. The van der Waals surface area contributed by atoms with Crippen LogP contribution in [0, 0.1) is 17.2 Å². The maximum atomic E-state index is 15.2. The fourth-order valence-corrected chi connectivity index (χ4v) is 4.79. The normalized spacial score (nSPS) is 17.0. The van der Waals surface area contributed by atoms with E-state index in [1.165, 1.54) is 29.0 Å². The Morgan fingerprint density at radius 2 is 1.74 bits per heavy atom. The van der Waals surface area contributed by atoms with Crippen LogP contribution in [0.5, 0.6) is 5.75 Å². The number of benzene rings is 3. The number of nitrogens with one attached hydrogen (secondary N) is 2. The zero-order valence-corrected chi connectivity index (χ0v) is 23.8. The van der Waals surface area contributed by atoms with E-state index in [-0.39, 0.29) is 31.0 Å². The molecule has 0 aliphatic heterocycles.